The molecule has 0 N–H and O–H groups in total. The summed E-state index contributed by atoms with van der Waals surface area (Å²) in [5.41, 5.74) is 0. The fourth-order valence-corrected chi connectivity index (χ4v) is 0. The van der Waals surface area contributed by atoms with E-state index in [1.54, 1.807) is 0 Å². The van der Waals surface area contributed by atoms with Gasteiger partial charge in [-0.3, -0.25) is 0 Å². The Labute approximate surface area is 120 Å². The molecule has 0 saturated heterocycles. The molecule has 0 bridgehead atoms. The molecule has 0 amide bonds. The van der Waals surface area contributed by atoms with Gasteiger partial charge in [-0.25, -0.2) is 0 Å². The molecule has 0 aromatic rings. The molecule has 4 heavy (non-hydrogen) atoms. The van der Waals surface area contributed by atoms with Gasteiger partial charge in [0.2, 0.25) is 0 Å². The van der Waals surface area contributed by atoms with Crippen molar-refractivity contribution >= 4 is 45.5 Å². The van der Waals surface area contributed by atoms with Crippen LogP contribution in [-0.2, 0) is 42.9 Å². The summed E-state index contributed by atoms with van der Waals surface area (Å²) in [7, 11) is 0. The van der Waals surface area contributed by atoms with E-state index >= 15 is 0 Å². The van der Waals surface area contributed by atoms with Crippen LogP contribution in [0.1, 0.15) is 0 Å². The average molecular weight is 328 g/mol. The van der Waals surface area contributed by atoms with Crippen molar-refractivity contribution in [3.63, 3.8) is 0 Å². The molecule has 0 saturated carbocycles. The summed E-state index contributed by atoms with van der Waals surface area (Å²) in [5, 5.41) is 0. The van der Waals surface area contributed by atoms with Crippen LogP contribution in [0.25, 0.3) is 0 Å². The van der Waals surface area contributed by atoms with Crippen LogP contribution in [0.3, 0.4) is 0 Å². The normalized spacial score (nSPS) is 0. The van der Waals surface area contributed by atoms with Crippen molar-refractivity contribution in [2.45, 2.75) is 0 Å². The predicted molar refractivity (Wildman–Crippen MR) is 8.54 cm³/mol. The summed E-state index contributed by atoms with van der Waals surface area (Å²) in [6.45, 7) is 0. The zero-order valence-corrected chi connectivity index (χ0v) is 8.14. The van der Waals surface area contributed by atoms with Crippen molar-refractivity contribution in [2.24, 2.45) is 0 Å². The second-order valence-corrected chi connectivity index (χ2v) is 0. The monoisotopic (exact) mass is 329 g/mol. The molecule has 0 aliphatic carbocycles. The third-order valence-corrected chi connectivity index (χ3v) is 0. The molecule has 0 aliphatic rings. The molecule has 0 spiro atoms. The second kappa shape index (κ2) is 15.7. The maximum absolute atomic E-state index is 0. The van der Waals surface area contributed by atoms with Gasteiger partial charge in [0.25, 0.3) is 0 Å². The quantitative estimate of drug-likeness (QED) is 0.505. The van der Waals surface area contributed by atoms with Crippen LogP contribution in [0, 0.1) is 35.6 Å². The van der Waals surface area contributed by atoms with Gasteiger partial charge in [0, 0.05) is 78.5 Å². The van der Waals surface area contributed by atoms with Crippen LogP contribution in [0.15, 0.2) is 0 Å². The summed E-state index contributed by atoms with van der Waals surface area (Å²) in [5.74, 6) is 0. The van der Waals surface area contributed by atoms with E-state index in [0.717, 1.165) is 0 Å². The van der Waals surface area contributed by atoms with Crippen molar-refractivity contribution in [1.82, 2.24) is 0 Å². The van der Waals surface area contributed by atoms with Crippen molar-refractivity contribution in [1.29, 1.82) is 0 Å². The molecule has 17 valence electrons. The second-order valence-electron chi connectivity index (χ2n) is 0. The van der Waals surface area contributed by atoms with Gasteiger partial charge in [-0.2, -0.15) is 0 Å². The predicted octanol–water partition coefficient (Wildman–Crippen LogP) is -0.921. The third-order valence-electron chi connectivity index (χ3n) is 0. The summed E-state index contributed by atoms with van der Waals surface area (Å²) in [4.78, 5) is 0. The van der Waals surface area contributed by atoms with Crippen LogP contribution in [0.4, 0.5) is 0 Å². The van der Waals surface area contributed by atoms with Crippen LogP contribution in [0.2, 0.25) is 0 Å². The van der Waals surface area contributed by atoms with E-state index in [-0.39, 0.29) is 124 Å². The molecule has 0 atom stereocenters. The van der Waals surface area contributed by atoms with E-state index in [9.17, 15) is 0 Å². The van der Waals surface area contributed by atoms with Gasteiger partial charge in [0.15, 0.2) is 0 Å². The van der Waals surface area contributed by atoms with Gasteiger partial charge < -0.3 is 0 Å². The summed E-state index contributed by atoms with van der Waals surface area (Å²) >= 11 is 0. The molecular weight excluding hydrogens is 326 g/mol. The molecule has 3 radical (unpaired) electrons. The number of rotatable bonds is 0. The Balaban J connectivity index is 0. The molecule has 0 unspecified atom stereocenters. The van der Waals surface area contributed by atoms with Crippen molar-refractivity contribution in [3.8, 4) is 0 Å². The van der Waals surface area contributed by atoms with E-state index in [1.165, 1.54) is 0 Å². The molecule has 0 aromatic heterocycles. The van der Waals surface area contributed by atoms with Crippen LogP contribution in [-0.4, -0.2) is 45.5 Å². The number of hydrogen-bond acceptors (Lipinski definition) is 0. The summed E-state index contributed by atoms with van der Waals surface area (Å²) in [6, 6.07) is 0. The van der Waals surface area contributed by atoms with Gasteiger partial charge in [-0.05, 0) is 0 Å². The minimum absolute atomic E-state index is 0. The SMILES string of the molecule is [La].[Mn].[Sc].[SrH2]. The maximum atomic E-state index is 0. The summed E-state index contributed by atoms with van der Waals surface area (Å²) < 4.78 is 0. The first-order valence-corrected chi connectivity index (χ1v) is 0. The van der Waals surface area contributed by atoms with Crippen molar-refractivity contribution in [2.75, 3.05) is 0 Å². The standard InChI is InChI=1S/La.Mn.Sc.Sr.2H. The molecule has 0 aliphatic heterocycles. The molecule has 0 nitrogen and oxygen atoms in total. The van der Waals surface area contributed by atoms with E-state index in [1.807, 2.05) is 0 Å². The zero-order chi connectivity index (χ0) is 0. The Morgan fingerprint density at radius 1 is 1.00 bits per heavy atom. The Morgan fingerprint density at radius 2 is 1.00 bits per heavy atom. The topological polar surface area (TPSA) is 0 Å². The Morgan fingerprint density at radius 3 is 1.00 bits per heavy atom. The summed E-state index contributed by atoms with van der Waals surface area (Å²) in [6.07, 6.45) is 0. The molecule has 0 fully saturated rings. The fraction of sp³-hybridized carbons (Fsp3) is 0. The first kappa shape index (κ1) is 24.4. The minimum atomic E-state index is 0. The fourth-order valence-electron chi connectivity index (χ4n) is 0. The first-order chi connectivity index (χ1) is 0. The van der Waals surface area contributed by atoms with E-state index in [4.69, 9.17) is 0 Å². The van der Waals surface area contributed by atoms with Gasteiger partial charge in [0.1, 0.15) is 0 Å². The Kier molecular flexibility index (Phi) is 95.8. The zero-order valence-electron chi connectivity index (χ0n) is 1.53. The van der Waals surface area contributed by atoms with Gasteiger partial charge in [0.05, 0.1) is 0 Å². The van der Waals surface area contributed by atoms with Gasteiger partial charge in [-0.1, -0.05) is 0 Å². The van der Waals surface area contributed by atoms with Crippen molar-refractivity contribution < 1.29 is 78.5 Å². The molecule has 4 heteroatoms. The van der Waals surface area contributed by atoms with E-state index in [2.05, 4.69) is 0 Å². The Hall–Kier alpha value is 4.06. The van der Waals surface area contributed by atoms with Crippen LogP contribution >= 0.6 is 0 Å². The average Bonchev–Trinajstić information content (AvgIpc) is 0. The van der Waals surface area contributed by atoms with Gasteiger partial charge >= 0.3 is 45.5 Å². The third kappa shape index (κ3) is 9.42. The first-order valence-electron chi connectivity index (χ1n) is 0. The molecule has 0 heterocycles. The molecule has 0 aromatic carbocycles. The molecular formula is H2LaMnScSr. The van der Waals surface area contributed by atoms with Crippen molar-refractivity contribution in [3.05, 3.63) is 0 Å². The van der Waals surface area contributed by atoms with Crippen LogP contribution in [0.5, 0.6) is 0 Å². The Bertz CT molecular complexity index is 8.00. The number of hydrogen-bond donors (Lipinski definition) is 0. The van der Waals surface area contributed by atoms with Crippen LogP contribution < -0.4 is 0 Å². The van der Waals surface area contributed by atoms with E-state index < -0.39 is 0 Å². The molecule has 0 rings (SSSR count). The van der Waals surface area contributed by atoms with E-state index in [0.29, 0.717) is 0 Å². The van der Waals surface area contributed by atoms with Gasteiger partial charge in [-0.15, -0.1) is 0 Å².